The lowest BCUT2D eigenvalue weighted by molar-refractivity contribution is -0.120. The summed E-state index contributed by atoms with van der Waals surface area (Å²) < 4.78 is 0. The van der Waals surface area contributed by atoms with Gasteiger partial charge < -0.3 is 9.80 Å². The number of nitrogens with zero attached hydrogens (tertiary/aromatic N) is 2. The fourth-order valence-electron chi connectivity index (χ4n) is 5.10. The molecule has 1 amide bonds. The molecule has 0 spiro atoms. The van der Waals surface area contributed by atoms with Gasteiger partial charge in [0, 0.05) is 13.1 Å². The van der Waals surface area contributed by atoms with Crippen molar-refractivity contribution in [3.8, 4) is 0 Å². The number of piperidine rings is 1. The molecule has 184 valence electrons. The molecule has 1 atom stereocenters. The first-order chi connectivity index (χ1) is 17.1. The van der Waals surface area contributed by atoms with Gasteiger partial charge in [0.15, 0.2) is 0 Å². The number of hydrogen-bond donors (Lipinski definition) is 0. The van der Waals surface area contributed by atoms with E-state index in [-0.39, 0.29) is 6.04 Å². The van der Waals surface area contributed by atoms with E-state index in [9.17, 15) is 4.79 Å². The Kier molecular flexibility index (Phi) is 9.65. The van der Waals surface area contributed by atoms with Crippen LogP contribution < -0.4 is 0 Å². The molecule has 4 rings (SSSR count). The summed E-state index contributed by atoms with van der Waals surface area (Å²) in [4.78, 5) is 16.7. The van der Waals surface area contributed by atoms with Crippen molar-refractivity contribution in [1.82, 2.24) is 9.80 Å². The van der Waals surface area contributed by atoms with E-state index in [1.54, 1.807) is 0 Å². The van der Waals surface area contributed by atoms with Crippen molar-refractivity contribution in [2.45, 2.75) is 38.1 Å². The number of benzene rings is 3. The first kappa shape index (κ1) is 25.8. The Hall–Kier alpha value is -2.33. The van der Waals surface area contributed by atoms with Gasteiger partial charge in [0.2, 0.25) is 6.41 Å². The van der Waals surface area contributed by atoms with Crippen LogP contribution in [0.1, 0.15) is 42.0 Å². The number of carbonyl (C=O) groups excluding carboxylic acids is 1. The van der Waals surface area contributed by atoms with Crippen LogP contribution in [0.15, 0.2) is 78.9 Å². The Balaban J connectivity index is 1.34. The van der Waals surface area contributed by atoms with Crippen LogP contribution in [0.25, 0.3) is 0 Å². The Bertz CT molecular complexity index is 1050. The molecule has 3 aromatic rings. The van der Waals surface area contributed by atoms with Crippen LogP contribution in [-0.4, -0.2) is 42.4 Å². The topological polar surface area (TPSA) is 23.6 Å². The molecule has 0 N–H and O–H groups in total. The summed E-state index contributed by atoms with van der Waals surface area (Å²) in [7, 11) is 0. The van der Waals surface area contributed by atoms with Crippen molar-refractivity contribution >= 4 is 29.6 Å². The van der Waals surface area contributed by atoms with E-state index in [0.717, 1.165) is 50.4 Å². The number of hydrogen-bond acceptors (Lipinski definition) is 2. The number of carbonyl (C=O) groups is 1. The standard InChI is InChI=1S/C30H34Cl2N2O/c31-28-12-11-25(22-29(28)32)15-20-34(23-35)30(27-9-5-2-6-10-27)16-19-33-17-13-26(14-18-33)21-24-7-3-1-4-8-24/h1-12,22-23,26,30H,13-21H2. The molecule has 1 aliphatic rings. The molecule has 35 heavy (non-hydrogen) atoms. The highest BCUT2D eigenvalue weighted by Gasteiger charge is 2.23. The van der Waals surface area contributed by atoms with Crippen molar-refractivity contribution in [1.29, 1.82) is 0 Å². The summed E-state index contributed by atoms with van der Waals surface area (Å²) in [6.45, 7) is 3.89. The maximum Gasteiger partial charge on any atom is 0.210 e. The van der Waals surface area contributed by atoms with E-state index >= 15 is 0 Å². The minimum absolute atomic E-state index is 0.0542. The molecule has 0 aromatic heterocycles. The molecule has 5 heteroatoms. The Morgan fingerprint density at radius 1 is 0.886 bits per heavy atom. The van der Waals surface area contributed by atoms with Gasteiger partial charge in [-0.25, -0.2) is 0 Å². The SMILES string of the molecule is O=CN(CCc1ccc(Cl)c(Cl)c1)C(CCN1CCC(Cc2ccccc2)CC1)c1ccccc1. The van der Waals surface area contributed by atoms with Crippen molar-refractivity contribution in [3.63, 3.8) is 0 Å². The molecule has 3 nitrogen and oxygen atoms in total. The monoisotopic (exact) mass is 508 g/mol. The molecule has 1 fully saturated rings. The first-order valence-corrected chi connectivity index (χ1v) is 13.3. The quantitative estimate of drug-likeness (QED) is 0.258. The van der Waals surface area contributed by atoms with E-state index in [1.807, 2.05) is 29.2 Å². The maximum atomic E-state index is 12.2. The normalized spacial score (nSPS) is 15.6. The average molecular weight is 510 g/mol. The molecule has 0 saturated carbocycles. The number of amides is 1. The van der Waals surface area contributed by atoms with Crippen molar-refractivity contribution in [2.24, 2.45) is 5.92 Å². The fourth-order valence-corrected chi connectivity index (χ4v) is 5.42. The third kappa shape index (κ3) is 7.57. The highest BCUT2D eigenvalue weighted by molar-refractivity contribution is 6.42. The number of halogens is 2. The van der Waals surface area contributed by atoms with Gasteiger partial charge in [-0.3, -0.25) is 4.79 Å². The second-order valence-corrected chi connectivity index (χ2v) is 10.3. The minimum Gasteiger partial charge on any atom is -0.338 e. The molecule has 0 aliphatic carbocycles. The summed E-state index contributed by atoms with van der Waals surface area (Å²) in [5.74, 6) is 0.760. The lowest BCUT2D eigenvalue weighted by Gasteiger charge is -2.35. The maximum absolute atomic E-state index is 12.2. The molecular formula is C30H34Cl2N2O. The van der Waals surface area contributed by atoms with Crippen LogP contribution in [0.3, 0.4) is 0 Å². The molecule has 0 bridgehead atoms. The molecule has 1 aliphatic heterocycles. The second kappa shape index (κ2) is 13.1. The summed E-state index contributed by atoms with van der Waals surface area (Å²) in [6, 6.07) is 27.0. The van der Waals surface area contributed by atoms with E-state index in [2.05, 4.69) is 59.5 Å². The zero-order valence-electron chi connectivity index (χ0n) is 20.2. The summed E-state index contributed by atoms with van der Waals surface area (Å²) in [5.41, 5.74) is 3.71. The largest absolute Gasteiger partial charge is 0.338 e. The highest BCUT2D eigenvalue weighted by atomic mass is 35.5. The van der Waals surface area contributed by atoms with Gasteiger partial charge in [0.05, 0.1) is 16.1 Å². The van der Waals surface area contributed by atoms with Crippen molar-refractivity contribution in [3.05, 3.63) is 106 Å². The molecule has 3 aromatic carbocycles. The predicted molar refractivity (Wildman–Crippen MR) is 146 cm³/mol. The fraction of sp³-hybridized carbons (Fsp3) is 0.367. The first-order valence-electron chi connectivity index (χ1n) is 12.6. The van der Waals surface area contributed by atoms with E-state index < -0.39 is 0 Å². The van der Waals surface area contributed by atoms with Crippen LogP contribution >= 0.6 is 23.2 Å². The minimum atomic E-state index is 0.0542. The molecule has 1 saturated heterocycles. The Labute approximate surface area is 219 Å². The van der Waals surface area contributed by atoms with Gasteiger partial charge in [-0.2, -0.15) is 0 Å². The van der Waals surface area contributed by atoms with Crippen molar-refractivity contribution in [2.75, 3.05) is 26.2 Å². The molecule has 1 unspecified atom stereocenters. The number of likely N-dealkylation sites (tertiary alicyclic amines) is 1. The van der Waals surface area contributed by atoms with Crippen LogP contribution in [0.5, 0.6) is 0 Å². The van der Waals surface area contributed by atoms with E-state index in [0.29, 0.717) is 16.6 Å². The van der Waals surface area contributed by atoms with Gasteiger partial charge in [-0.1, -0.05) is 89.9 Å². The summed E-state index contributed by atoms with van der Waals surface area (Å²) >= 11 is 12.3. The predicted octanol–water partition coefficient (Wildman–Crippen LogP) is 7.08. The number of rotatable bonds is 11. The van der Waals surface area contributed by atoms with Gasteiger partial charge in [0.25, 0.3) is 0 Å². The molecular weight excluding hydrogens is 475 g/mol. The van der Waals surface area contributed by atoms with Crippen LogP contribution in [-0.2, 0) is 17.6 Å². The lowest BCUT2D eigenvalue weighted by Crippen LogP contribution is -2.37. The highest BCUT2D eigenvalue weighted by Crippen LogP contribution is 2.27. The van der Waals surface area contributed by atoms with Crippen LogP contribution in [0.4, 0.5) is 0 Å². The molecule has 0 radical (unpaired) electrons. The zero-order chi connectivity index (χ0) is 24.5. The second-order valence-electron chi connectivity index (χ2n) is 9.53. The Morgan fingerprint density at radius 3 is 2.23 bits per heavy atom. The third-order valence-corrected chi connectivity index (χ3v) is 7.89. The van der Waals surface area contributed by atoms with Gasteiger partial charge >= 0.3 is 0 Å². The zero-order valence-corrected chi connectivity index (χ0v) is 21.7. The average Bonchev–Trinajstić information content (AvgIpc) is 2.90. The van der Waals surface area contributed by atoms with E-state index in [1.165, 1.54) is 30.4 Å². The summed E-state index contributed by atoms with van der Waals surface area (Å²) in [6.07, 6.45) is 6.31. The van der Waals surface area contributed by atoms with Gasteiger partial charge in [-0.15, -0.1) is 0 Å². The summed E-state index contributed by atoms with van der Waals surface area (Å²) in [5, 5.41) is 1.11. The van der Waals surface area contributed by atoms with Gasteiger partial charge in [0.1, 0.15) is 0 Å². The van der Waals surface area contributed by atoms with Crippen LogP contribution in [0, 0.1) is 5.92 Å². The molecule has 1 heterocycles. The smallest absolute Gasteiger partial charge is 0.210 e. The van der Waals surface area contributed by atoms with Gasteiger partial charge in [-0.05, 0) is 79.9 Å². The lowest BCUT2D eigenvalue weighted by atomic mass is 9.90. The van der Waals surface area contributed by atoms with E-state index in [4.69, 9.17) is 23.2 Å². The van der Waals surface area contributed by atoms with Crippen LogP contribution in [0.2, 0.25) is 10.0 Å². The van der Waals surface area contributed by atoms with Crippen molar-refractivity contribution < 1.29 is 4.79 Å². The Morgan fingerprint density at radius 2 is 1.57 bits per heavy atom. The third-order valence-electron chi connectivity index (χ3n) is 7.16.